The lowest BCUT2D eigenvalue weighted by Crippen LogP contribution is -2.23. The summed E-state index contributed by atoms with van der Waals surface area (Å²) < 4.78 is 5.29. The molecule has 0 spiro atoms. The van der Waals surface area contributed by atoms with Gasteiger partial charge in [-0.1, -0.05) is 19.8 Å². The van der Waals surface area contributed by atoms with E-state index in [0.717, 1.165) is 25.7 Å². The quantitative estimate of drug-likeness (QED) is 0.548. The van der Waals surface area contributed by atoms with E-state index >= 15 is 0 Å². The highest BCUT2D eigenvalue weighted by atomic mass is 16.5. The highest BCUT2D eigenvalue weighted by molar-refractivity contribution is 5.88. The van der Waals surface area contributed by atoms with Gasteiger partial charge in [0.15, 0.2) is 5.78 Å². The van der Waals surface area contributed by atoms with Crippen LogP contribution in [0.4, 0.5) is 0 Å². The molecule has 0 bridgehead atoms. The van der Waals surface area contributed by atoms with E-state index in [1.54, 1.807) is 0 Å². The van der Waals surface area contributed by atoms with Gasteiger partial charge in [-0.25, -0.2) is 0 Å². The SMILES string of the molecule is CCCCCC(CCC1C(=O)C(O)CC1C#N)OC(C)=O. The predicted octanol–water partition coefficient (Wildman–Crippen LogP) is 2.37. The average molecular weight is 295 g/mol. The number of unbranched alkanes of at least 4 members (excludes halogenated alkanes) is 2. The number of hydrogen-bond donors (Lipinski definition) is 1. The monoisotopic (exact) mass is 295 g/mol. The fourth-order valence-electron chi connectivity index (χ4n) is 2.94. The van der Waals surface area contributed by atoms with Gasteiger partial charge in [0.1, 0.15) is 12.2 Å². The molecular weight excluding hydrogens is 270 g/mol. The second-order valence-electron chi connectivity index (χ2n) is 5.80. The summed E-state index contributed by atoms with van der Waals surface area (Å²) in [7, 11) is 0. The number of carbonyl (C=O) groups is 2. The lowest BCUT2D eigenvalue weighted by atomic mass is 9.90. The normalized spacial score (nSPS) is 26.4. The van der Waals surface area contributed by atoms with Crippen LogP contribution in [0.2, 0.25) is 0 Å². The number of aliphatic hydroxyl groups excluding tert-OH is 1. The smallest absolute Gasteiger partial charge is 0.302 e. The van der Waals surface area contributed by atoms with E-state index in [9.17, 15) is 14.7 Å². The van der Waals surface area contributed by atoms with Crippen molar-refractivity contribution in [3.8, 4) is 6.07 Å². The average Bonchev–Trinajstić information content (AvgIpc) is 2.71. The maximum absolute atomic E-state index is 11.9. The molecule has 5 heteroatoms. The van der Waals surface area contributed by atoms with Crippen LogP contribution >= 0.6 is 0 Å². The number of ether oxygens (including phenoxy) is 1. The number of nitrogens with zero attached hydrogens (tertiary/aromatic N) is 1. The number of hydrogen-bond acceptors (Lipinski definition) is 5. The Labute approximate surface area is 126 Å². The van der Waals surface area contributed by atoms with E-state index in [2.05, 4.69) is 13.0 Å². The summed E-state index contributed by atoms with van der Waals surface area (Å²) in [5.74, 6) is -1.39. The van der Waals surface area contributed by atoms with Gasteiger partial charge in [0.25, 0.3) is 0 Å². The first-order chi connectivity index (χ1) is 9.99. The third-order valence-electron chi connectivity index (χ3n) is 4.08. The summed E-state index contributed by atoms with van der Waals surface area (Å²) in [5.41, 5.74) is 0. The Kier molecular flexibility index (Phi) is 7.38. The molecule has 118 valence electrons. The molecule has 1 aliphatic rings. The van der Waals surface area contributed by atoms with E-state index < -0.39 is 17.9 Å². The van der Waals surface area contributed by atoms with E-state index in [0.29, 0.717) is 12.8 Å². The van der Waals surface area contributed by atoms with Gasteiger partial charge < -0.3 is 9.84 Å². The molecule has 0 radical (unpaired) electrons. The van der Waals surface area contributed by atoms with Crippen molar-refractivity contribution in [1.82, 2.24) is 0 Å². The topological polar surface area (TPSA) is 87.4 Å². The first-order valence-electron chi connectivity index (χ1n) is 7.78. The van der Waals surface area contributed by atoms with Gasteiger partial charge in [-0.3, -0.25) is 9.59 Å². The van der Waals surface area contributed by atoms with Crippen molar-refractivity contribution in [2.45, 2.75) is 71.0 Å². The summed E-state index contributed by atoms with van der Waals surface area (Å²) >= 11 is 0. The Balaban J connectivity index is 2.52. The second kappa shape index (κ2) is 8.78. The minimum Gasteiger partial charge on any atom is -0.463 e. The first kappa shape index (κ1) is 17.6. The number of aliphatic hydroxyl groups is 1. The molecule has 1 fully saturated rings. The van der Waals surface area contributed by atoms with Crippen LogP contribution in [0, 0.1) is 23.2 Å². The largest absolute Gasteiger partial charge is 0.463 e. The molecule has 1 aliphatic carbocycles. The maximum Gasteiger partial charge on any atom is 0.302 e. The molecule has 0 saturated heterocycles. The van der Waals surface area contributed by atoms with Crippen molar-refractivity contribution < 1.29 is 19.4 Å². The summed E-state index contributed by atoms with van der Waals surface area (Å²) in [4.78, 5) is 23.0. The van der Waals surface area contributed by atoms with Gasteiger partial charge >= 0.3 is 5.97 Å². The van der Waals surface area contributed by atoms with Crippen LogP contribution in [0.15, 0.2) is 0 Å². The summed E-state index contributed by atoms with van der Waals surface area (Å²) in [6.07, 6.45) is 4.05. The Hall–Kier alpha value is -1.41. The molecule has 0 aromatic heterocycles. The van der Waals surface area contributed by atoms with Gasteiger partial charge in [0, 0.05) is 12.8 Å². The Morgan fingerprint density at radius 1 is 1.48 bits per heavy atom. The number of nitriles is 1. The van der Waals surface area contributed by atoms with E-state index in [1.165, 1.54) is 6.92 Å². The van der Waals surface area contributed by atoms with Crippen LogP contribution in [0.3, 0.4) is 0 Å². The van der Waals surface area contributed by atoms with Gasteiger partial charge in [-0.15, -0.1) is 0 Å². The minimum atomic E-state index is -1.01. The number of Topliss-reactive ketones (excluding diaryl/α,β-unsaturated/α-hetero) is 1. The zero-order valence-corrected chi connectivity index (χ0v) is 12.9. The zero-order chi connectivity index (χ0) is 15.8. The molecule has 0 aromatic rings. The molecule has 1 saturated carbocycles. The number of carbonyl (C=O) groups excluding carboxylic acids is 2. The van der Waals surface area contributed by atoms with Crippen molar-refractivity contribution in [3.63, 3.8) is 0 Å². The lowest BCUT2D eigenvalue weighted by Gasteiger charge is -2.19. The standard InChI is InChI=1S/C16H25NO4/c1-3-4-5-6-13(21-11(2)18)7-8-14-12(10-17)9-15(19)16(14)20/h12-15,19H,3-9H2,1-2H3. The molecule has 1 rings (SSSR count). The molecule has 0 aliphatic heterocycles. The first-order valence-corrected chi connectivity index (χ1v) is 7.78. The van der Waals surface area contributed by atoms with Gasteiger partial charge in [-0.2, -0.15) is 5.26 Å². The van der Waals surface area contributed by atoms with Crippen molar-refractivity contribution in [2.24, 2.45) is 11.8 Å². The van der Waals surface area contributed by atoms with Crippen molar-refractivity contribution in [1.29, 1.82) is 5.26 Å². The zero-order valence-electron chi connectivity index (χ0n) is 12.9. The Bertz CT molecular complexity index is 402. The molecule has 0 amide bonds. The van der Waals surface area contributed by atoms with E-state index in [4.69, 9.17) is 10.00 Å². The summed E-state index contributed by atoms with van der Waals surface area (Å²) in [5, 5.41) is 18.6. The van der Waals surface area contributed by atoms with Gasteiger partial charge in [0.05, 0.1) is 12.0 Å². The van der Waals surface area contributed by atoms with Crippen molar-refractivity contribution in [3.05, 3.63) is 0 Å². The van der Waals surface area contributed by atoms with Crippen LogP contribution in [-0.4, -0.2) is 29.1 Å². The number of ketones is 1. The minimum absolute atomic E-state index is 0.195. The molecule has 0 aromatic carbocycles. The third-order valence-corrected chi connectivity index (χ3v) is 4.08. The highest BCUT2D eigenvalue weighted by Gasteiger charge is 2.41. The molecule has 4 atom stereocenters. The fourth-order valence-corrected chi connectivity index (χ4v) is 2.94. The van der Waals surface area contributed by atoms with Crippen LogP contribution in [0.5, 0.6) is 0 Å². The molecular formula is C16H25NO4. The number of esters is 1. The highest BCUT2D eigenvalue weighted by Crippen LogP contribution is 2.33. The lowest BCUT2D eigenvalue weighted by molar-refractivity contribution is -0.147. The maximum atomic E-state index is 11.9. The molecule has 21 heavy (non-hydrogen) atoms. The third kappa shape index (κ3) is 5.47. The van der Waals surface area contributed by atoms with Crippen molar-refractivity contribution in [2.75, 3.05) is 0 Å². The molecule has 5 nitrogen and oxygen atoms in total. The molecule has 1 N–H and O–H groups in total. The van der Waals surface area contributed by atoms with Crippen molar-refractivity contribution >= 4 is 11.8 Å². The molecule has 0 heterocycles. The van der Waals surface area contributed by atoms with Gasteiger partial charge in [-0.05, 0) is 32.1 Å². The summed E-state index contributed by atoms with van der Waals surface area (Å²) in [6.45, 7) is 3.49. The second-order valence-corrected chi connectivity index (χ2v) is 5.80. The fraction of sp³-hybridized carbons (Fsp3) is 0.812. The van der Waals surface area contributed by atoms with Gasteiger partial charge in [0.2, 0.25) is 0 Å². The van der Waals surface area contributed by atoms with E-state index in [-0.39, 0.29) is 24.3 Å². The Morgan fingerprint density at radius 2 is 2.19 bits per heavy atom. The van der Waals surface area contributed by atoms with Crippen LogP contribution in [0.25, 0.3) is 0 Å². The number of rotatable bonds is 8. The van der Waals surface area contributed by atoms with Crippen LogP contribution in [-0.2, 0) is 14.3 Å². The van der Waals surface area contributed by atoms with E-state index in [1.807, 2.05) is 0 Å². The summed E-state index contributed by atoms with van der Waals surface area (Å²) in [6, 6.07) is 2.10. The Morgan fingerprint density at radius 3 is 2.76 bits per heavy atom. The van der Waals surface area contributed by atoms with Crippen LogP contribution < -0.4 is 0 Å². The van der Waals surface area contributed by atoms with Crippen LogP contribution in [0.1, 0.15) is 58.8 Å². The molecule has 4 unspecified atom stereocenters. The predicted molar refractivity (Wildman–Crippen MR) is 77.2 cm³/mol.